The Hall–Kier alpha value is -0.930. The lowest BCUT2D eigenvalue weighted by Crippen LogP contribution is -2.17. The van der Waals surface area contributed by atoms with Gasteiger partial charge < -0.3 is 4.74 Å². The first kappa shape index (κ1) is 8.66. The Balaban J connectivity index is 2.23. The van der Waals surface area contributed by atoms with Gasteiger partial charge in [-0.3, -0.25) is 4.98 Å². The Morgan fingerprint density at radius 1 is 1.38 bits per heavy atom. The lowest BCUT2D eigenvalue weighted by molar-refractivity contribution is 0.129. The van der Waals surface area contributed by atoms with Gasteiger partial charge in [-0.15, -0.1) is 11.3 Å². The molecule has 68 valence electrons. The number of hydrogen-bond acceptors (Lipinski definition) is 3. The summed E-state index contributed by atoms with van der Waals surface area (Å²) >= 11 is 1.67. The maximum Gasteiger partial charge on any atom is 0.0866 e. The van der Waals surface area contributed by atoms with E-state index in [-0.39, 0.29) is 6.10 Å². The molecule has 0 saturated heterocycles. The van der Waals surface area contributed by atoms with Crippen molar-refractivity contribution in [3.63, 3.8) is 0 Å². The van der Waals surface area contributed by atoms with E-state index >= 15 is 0 Å². The number of aromatic nitrogens is 1. The topological polar surface area (TPSA) is 22.1 Å². The highest BCUT2D eigenvalue weighted by Gasteiger charge is 2.20. The van der Waals surface area contributed by atoms with E-state index in [1.807, 2.05) is 17.8 Å². The third kappa shape index (κ3) is 1.71. The van der Waals surface area contributed by atoms with Gasteiger partial charge in [0.25, 0.3) is 0 Å². The molecule has 1 aromatic rings. The van der Waals surface area contributed by atoms with E-state index in [0.717, 1.165) is 0 Å². The van der Waals surface area contributed by atoms with Crippen LogP contribution in [0.4, 0.5) is 0 Å². The highest BCUT2D eigenvalue weighted by Crippen LogP contribution is 2.29. The van der Waals surface area contributed by atoms with Gasteiger partial charge in [-0.1, -0.05) is 24.3 Å². The fraction of sp³-hybridized carbons (Fsp3) is 0.300. The van der Waals surface area contributed by atoms with Crippen molar-refractivity contribution in [1.82, 2.24) is 4.98 Å². The molecule has 0 aliphatic heterocycles. The highest BCUT2D eigenvalue weighted by atomic mass is 32.1. The summed E-state index contributed by atoms with van der Waals surface area (Å²) in [5.74, 6) is 0.336. The van der Waals surface area contributed by atoms with Crippen LogP contribution in [0.3, 0.4) is 0 Å². The van der Waals surface area contributed by atoms with Crippen LogP contribution in [-0.4, -0.2) is 18.2 Å². The van der Waals surface area contributed by atoms with Crippen molar-refractivity contribution in [2.24, 2.45) is 0 Å². The lowest BCUT2D eigenvalue weighted by atomic mass is 9.96. The first-order valence-corrected chi connectivity index (χ1v) is 5.06. The van der Waals surface area contributed by atoms with Crippen molar-refractivity contribution in [1.29, 1.82) is 0 Å². The molecule has 0 radical (unpaired) electrons. The fourth-order valence-electron chi connectivity index (χ4n) is 1.46. The molecule has 0 spiro atoms. The van der Waals surface area contributed by atoms with Crippen molar-refractivity contribution in [2.75, 3.05) is 7.11 Å². The zero-order chi connectivity index (χ0) is 9.10. The average Bonchev–Trinajstić information content (AvgIpc) is 2.70. The molecule has 1 aliphatic rings. The van der Waals surface area contributed by atoms with Crippen LogP contribution in [0.25, 0.3) is 0 Å². The summed E-state index contributed by atoms with van der Waals surface area (Å²) in [6.07, 6.45) is 10.4. The van der Waals surface area contributed by atoms with Crippen molar-refractivity contribution in [2.45, 2.75) is 12.0 Å². The van der Waals surface area contributed by atoms with Gasteiger partial charge in [0.15, 0.2) is 0 Å². The SMILES string of the molecule is COC1C=CC=CC1c1cncs1. The maximum atomic E-state index is 5.37. The average molecular weight is 193 g/mol. The smallest absolute Gasteiger partial charge is 0.0866 e. The number of methoxy groups -OCH3 is 1. The Labute approximate surface area is 81.6 Å². The molecule has 0 fully saturated rings. The molecule has 0 amide bonds. The van der Waals surface area contributed by atoms with E-state index in [1.165, 1.54) is 4.88 Å². The summed E-state index contributed by atoms with van der Waals surface area (Å²) in [7, 11) is 1.74. The van der Waals surface area contributed by atoms with Gasteiger partial charge in [-0.25, -0.2) is 0 Å². The van der Waals surface area contributed by atoms with Crippen molar-refractivity contribution in [3.8, 4) is 0 Å². The van der Waals surface area contributed by atoms with Crippen molar-refractivity contribution in [3.05, 3.63) is 40.9 Å². The maximum absolute atomic E-state index is 5.37. The fourth-order valence-corrected chi connectivity index (χ4v) is 2.19. The molecule has 1 heterocycles. The second-order valence-electron chi connectivity index (χ2n) is 2.90. The van der Waals surface area contributed by atoms with E-state index in [1.54, 1.807) is 18.4 Å². The standard InChI is InChI=1S/C10H11NOS/c1-12-9-5-3-2-4-8(9)10-6-11-7-13-10/h2-9H,1H3. The van der Waals surface area contributed by atoms with Crippen LogP contribution < -0.4 is 0 Å². The summed E-state index contributed by atoms with van der Waals surface area (Å²) in [5, 5.41) is 0. The predicted molar refractivity (Wildman–Crippen MR) is 53.9 cm³/mol. The van der Waals surface area contributed by atoms with Gasteiger partial charge in [0.05, 0.1) is 11.6 Å². The van der Waals surface area contributed by atoms with E-state index in [0.29, 0.717) is 5.92 Å². The van der Waals surface area contributed by atoms with Gasteiger partial charge in [-0.2, -0.15) is 0 Å². The number of hydrogen-bond donors (Lipinski definition) is 0. The molecule has 0 N–H and O–H groups in total. The summed E-state index contributed by atoms with van der Waals surface area (Å²) in [4.78, 5) is 5.33. The Bertz CT molecular complexity index is 316. The molecule has 0 aromatic carbocycles. The minimum Gasteiger partial charge on any atom is -0.376 e. The van der Waals surface area contributed by atoms with Crippen LogP contribution in [0.5, 0.6) is 0 Å². The molecular formula is C10H11NOS. The molecule has 0 saturated carbocycles. The van der Waals surface area contributed by atoms with E-state index in [4.69, 9.17) is 4.74 Å². The van der Waals surface area contributed by atoms with E-state index < -0.39 is 0 Å². The summed E-state index contributed by atoms with van der Waals surface area (Å²) < 4.78 is 5.37. The van der Waals surface area contributed by atoms with Crippen molar-refractivity contribution < 1.29 is 4.74 Å². The van der Waals surface area contributed by atoms with E-state index in [9.17, 15) is 0 Å². The predicted octanol–water partition coefficient (Wildman–Crippen LogP) is 2.37. The number of rotatable bonds is 2. The lowest BCUT2D eigenvalue weighted by Gasteiger charge is -2.20. The summed E-state index contributed by atoms with van der Waals surface area (Å²) in [6, 6.07) is 0. The van der Waals surface area contributed by atoms with Gasteiger partial charge in [0.1, 0.15) is 0 Å². The van der Waals surface area contributed by atoms with Gasteiger partial charge in [0, 0.05) is 24.1 Å². The third-order valence-corrected chi connectivity index (χ3v) is 3.01. The van der Waals surface area contributed by atoms with E-state index in [2.05, 4.69) is 23.2 Å². The number of ether oxygens (including phenoxy) is 1. The van der Waals surface area contributed by atoms with Crippen LogP contribution in [-0.2, 0) is 4.74 Å². The van der Waals surface area contributed by atoms with Crippen molar-refractivity contribution >= 4 is 11.3 Å². The highest BCUT2D eigenvalue weighted by molar-refractivity contribution is 7.09. The molecule has 2 unspecified atom stereocenters. The molecule has 1 aliphatic carbocycles. The van der Waals surface area contributed by atoms with Gasteiger partial charge in [-0.05, 0) is 0 Å². The molecule has 13 heavy (non-hydrogen) atoms. The molecule has 3 heteroatoms. The van der Waals surface area contributed by atoms with Crippen LogP contribution in [0, 0.1) is 0 Å². The minimum atomic E-state index is 0.158. The monoisotopic (exact) mass is 193 g/mol. The quantitative estimate of drug-likeness (QED) is 0.719. The summed E-state index contributed by atoms with van der Waals surface area (Å²) in [6.45, 7) is 0. The van der Waals surface area contributed by atoms with Crippen LogP contribution >= 0.6 is 11.3 Å². The summed E-state index contributed by atoms with van der Waals surface area (Å²) in [5.41, 5.74) is 1.86. The molecular weight excluding hydrogens is 182 g/mol. The van der Waals surface area contributed by atoms with Crippen LogP contribution in [0.2, 0.25) is 0 Å². The Kier molecular flexibility index (Phi) is 2.57. The molecule has 0 bridgehead atoms. The minimum absolute atomic E-state index is 0.158. The molecule has 2 rings (SSSR count). The second kappa shape index (κ2) is 3.85. The number of nitrogens with zero attached hydrogens (tertiary/aromatic N) is 1. The molecule has 2 atom stereocenters. The molecule has 2 nitrogen and oxygen atoms in total. The Morgan fingerprint density at radius 3 is 2.92 bits per heavy atom. The normalized spacial score (nSPS) is 26.5. The largest absolute Gasteiger partial charge is 0.376 e. The Morgan fingerprint density at radius 2 is 2.23 bits per heavy atom. The first-order valence-electron chi connectivity index (χ1n) is 4.18. The third-order valence-electron chi connectivity index (χ3n) is 2.14. The molecule has 1 aromatic heterocycles. The van der Waals surface area contributed by atoms with Gasteiger partial charge in [0.2, 0.25) is 0 Å². The number of allylic oxidation sites excluding steroid dienone is 2. The van der Waals surface area contributed by atoms with Gasteiger partial charge >= 0.3 is 0 Å². The zero-order valence-corrected chi connectivity index (χ0v) is 8.20. The first-order chi connectivity index (χ1) is 6.42. The van der Waals surface area contributed by atoms with Crippen LogP contribution in [0.15, 0.2) is 36.0 Å². The number of thiazole rings is 1. The second-order valence-corrected chi connectivity index (χ2v) is 3.82. The zero-order valence-electron chi connectivity index (χ0n) is 7.38. The van der Waals surface area contributed by atoms with Crippen LogP contribution in [0.1, 0.15) is 10.8 Å².